The molecule has 0 radical (unpaired) electrons. The Balaban J connectivity index is 2.56. The van der Waals surface area contributed by atoms with Crippen molar-refractivity contribution in [2.24, 2.45) is 11.8 Å². The SMILES string of the molecule is Cc1ccccc1CC(C)NC(CC(C)C)CC(C)C. The second-order valence-corrected chi connectivity index (χ2v) is 7.15. The van der Waals surface area contributed by atoms with Crippen LogP contribution < -0.4 is 5.32 Å². The van der Waals surface area contributed by atoms with Crippen LogP contribution in [0.5, 0.6) is 0 Å². The van der Waals surface area contributed by atoms with Gasteiger partial charge in [0.1, 0.15) is 0 Å². The Kier molecular flexibility index (Phi) is 7.29. The first-order valence-corrected chi connectivity index (χ1v) is 8.19. The van der Waals surface area contributed by atoms with Gasteiger partial charge in [0, 0.05) is 12.1 Å². The van der Waals surface area contributed by atoms with E-state index in [-0.39, 0.29) is 0 Å². The van der Waals surface area contributed by atoms with Gasteiger partial charge in [0.2, 0.25) is 0 Å². The topological polar surface area (TPSA) is 12.0 Å². The summed E-state index contributed by atoms with van der Waals surface area (Å²) in [5.41, 5.74) is 2.88. The molecule has 1 N–H and O–H groups in total. The van der Waals surface area contributed by atoms with Gasteiger partial charge in [-0.1, -0.05) is 52.0 Å². The summed E-state index contributed by atoms with van der Waals surface area (Å²) < 4.78 is 0. The molecule has 0 spiro atoms. The van der Waals surface area contributed by atoms with Gasteiger partial charge in [-0.25, -0.2) is 0 Å². The van der Waals surface area contributed by atoms with Gasteiger partial charge in [0.15, 0.2) is 0 Å². The van der Waals surface area contributed by atoms with Crippen LogP contribution in [0.25, 0.3) is 0 Å². The van der Waals surface area contributed by atoms with Crippen LogP contribution in [0.2, 0.25) is 0 Å². The van der Waals surface area contributed by atoms with Crippen molar-refractivity contribution in [1.82, 2.24) is 5.32 Å². The Bertz CT molecular complexity index is 371. The first kappa shape index (κ1) is 17.2. The summed E-state index contributed by atoms with van der Waals surface area (Å²) in [6.07, 6.45) is 3.67. The lowest BCUT2D eigenvalue weighted by Gasteiger charge is -2.26. The normalized spacial score (nSPS) is 13.4. The molecule has 20 heavy (non-hydrogen) atoms. The molecule has 1 aromatic rings. The molecule has 1 unspecified atom stereocenters. The van der Waals surface area contributed by atoms with Gasteiger partial charge < -0.3 is 5.32 Å². The fraction of sp³-hybridized carbons (Fsp3) is 0.684. The second-order valence-electron chi connectivity index (χ2n) is 7.15. The summed E-state index contributed by atoms with van der Waals surface area (Å²) in [5, 5.41) is 3.86. The number of nitrogens with one attached hydrogen (secondary N) is 1. The molecular formula is C19H33N. The lowest BCUT2D eigenvalue weighted by atomic mass is 9.94. The molecule has 0 aliphatic heterocycles. The lowest BCUT2D eigenvalue weighted by molar-refractivity contribution is 0.332. The molecule has 0 aliphatic rings. The van der Waals surface area contributed by atoms with E-state index in [4.69, 9.17) is 0 Å². The second kappa shape index (κ2) is 8.46. The largest absolute Gasteiger partial charge is 0.311 e. The van der Waals surface area contributed by atoms with Crippen molar-refractivity contribution in [1.29, 1.82) is 0 Å². The van der Waals surface area contributed by atoms with Gasteiger partial charge in [0.05, 0.1) is 0 Å². The van der Waals surface area contributed by atoms with Crippen LogP contribution in [0.15, 0.2) is 24.3 Å². The predicted molar refractivity (Wildman–Crippen MR) is 90.2 cm³/mol. The highest BCUT2D eigenvalue weighted by Crippen LogP contribution is 2.16. The highest BCUT2D eigenvalue weighted by Gasteiger charge is 2.15. The minimum Gasteiger partial charge on any atom is -0.311 e. The average Bonchev–Trinajstić information content (AvgIpc) is 2.30. The van der Waals surface area contributed by atoms with Gasteiger partial charge in [-0.05, 0) is 56.1 Å². The van der Waals surface area contributed by atoms with Crippen LogP contribution >= 0.6 is 0 Å². The van der Waals surface area contributed by atoms with Crippen LogP contribution in [0.1, 0.15) is 58.6 Å². The number of aryl methyl sites for hydroxylation is 1. The van der Waals surface area contributed by atoms with E-state index in [2.05, 4.69) is 71.1 Å². The molecule has 1 rings (SSSR count). The van der Waals surface area contributed by atoms with Gasteiger partial charge in [-0.15, -0.1) is 0 Å². The summed E-state index contributed by atoms with van der Waals surface area (Å²) in [6.45, 7) is 13.8. The number of rotatable bonds is 8. The molecule has 1 atom stereocenters. The van der Waals surface area contributed by atoms with Crippen molar-refractivity contribution in [2.45, 2.75) is 72.9 Å². The fourth-order valence-electron chi connectivity index (χ4n) is 3.00. The van der Waals surface area contributed by atoms with Gasteiger partial charge in [-0.3, -0.25) is 0 Å². The Morgan fingerprint density at radius 1 is 0.900 bits per heavy atom. The Morgan fingerprint density at radius 3 is 1.95 bits per heavy atom. The number of hydrogen-bond donors (Lipinski definition) is 1. The van der Waals surface area contributed by atoms with Crippen molar-refractivity contribution in [3.8, 4) is 0 Å². The van der Waals surface area contributed by atoms with Crippen LogP contribution in [0, 0.1) is 18.8 Å². The Labute approximate surface area is 126 Å². The van der Waals surface area contributed by atoms with Gasteiger partial charge in [0.25, 0.3) is 0 Å². The van der Waals surface area contributed by atoms with E-state index in [0.29, 0.717) is 12.1 Å². The number of hydrogen-bond acceptors (Lipinski definition) is 1. The first-order valence-electron chi connectivity index (χ1n) is 8.19. The average molecular weight is 275 g/mol. The molecule has 0 fully saturated rings. The minimum atomic E-state index is 0.540. The Hall–Kier alpha value is -0.820. The molecule has 1 heteroatoms. The van der Waals surface area contributed by atoms with Crippen LogP contribution in [-0.2, 0) is 6.42 Å². The Morgan fingerprint density at radius 2 is 1.45 bits per heavy atom. The third-order valence-corrected chi connectivity index (χ3v) is 3.82. The van der Waals surface area contributed by atoms with Crippen molar-refractivity contribution in [3.63, 3.8) is 0 Å². The van der Waals surface area contributed by atoms with Crippen LogP contribution in [-0.4, -0.2) is 12.1 Å². The summed E-state index contributed by atoms with van der Waals surface area (Å²) in [5.74, 6) is 1.52. The molecule has 1 nitrogen and oxygen atoms in total. The predicted octanol–water partition coefficient (Wildman–Crippen LogP) is 4.98. The zero-order valence-electron chi connectivity index (χ0n) is 14.2. The van der Waals surface area contributed by atoms with Crippen molar-refractivity contribution < 1.29 is 0 Å². The maximum Gasteiger partial charge on any atom is 0.00818 e. The molecule has 0 amide bonds. The highest BCUT2D eigenvalue weighted by atomic mass is 14.9. The smallest absolute Gasteiger partial charge is 0.00818 e. The molecule has 0 aromatic heterocycles. The highest BCUT2D eigenvalue weighted by molar-refractivity contribution is 5.26. The quantitative estimate of drug-likeness (QED) is 0.706. The van der Waals surface area contributed by atoms with Crippen LogP contribution in [0.4, 0.5) is 0 Å². The third-order valence-electron chi connectivity index (χ3n) is 3.82. The van der Waals surface area contributed by atoms with Gasteiger partial charge in [-0.2, -0.15) is 0 Å². The summed E-state index contributed by atoms with van der Waals surface area (Å²) in [4.78, 5) is 0. The minimum absolute atomic E-state index is 0.540. The van der Waals surface area contributed by atoms with E-state index in [9.17, 15) is 0 Å². The van der Waals surface area contributed by atoms with E-state index in [0.717, 1.165) is 18.3 Å². The standard InChI is InChI=1S/C19H33N/c1-14(2)11-19(12-15(3)4)20-17(6)13-18-10-8-7-9-16(18)5/h7-10,14-15,17,19-20H,11-13H2,1-6H3. The lowest BCUT2D eigenvalue weighted by Crippen LogP contribution is -2.39. The van der Waals surface area contributed by atoms with Crippen molar-refractivity contribution >= 4 is 0 Å². The molecule has 0 saturated heterocycles. The van der Waals surface area contributed by atoms with Crippen molar-refractivity contribution in [3.05, 3.63) is 35.4 Å². The summed E-state index contributed by atoms with van der Waals surface area (Å²) >= 11 is 0. The molecular weight excluding hydrogens is 242 g/mol. The maximum absolute atomic E-state index is 3.86. The van der Waals surface area contributed by atoms with E-state index < -0.39 is 0 Å². The van der Waals surface area contributed by atoms with E-state index >= 15 is 0 Å². The third kappa shape index (κ3) is 6.56. The van der Waals surface area contributed by atoms with E-state index in [1.807, 2.05) is 0 Å². The molecule has 0 saturated carbocycles. The number of benzene rings is 1. The fourth-order valence-corrected chi connectivity index (χ4v) is 3.00. The zero-order chi connectivity index (χ0) is 15.1. The maximum atomic E-state index is 3.86. The van der Waals surface area contributed by atoms with Gasteiger partial charge >= 0.3 is 0 Å². The zero-order valence-corrected chi connectivity index (χ0v) is 14.2. The van der Waals surface area contributed by atoms with Crippen LogP contribution in [0.3, 0.4) is 0 Å². The summed E-state index contributed by atoms with van der Waals surface area (Å²) in [6, 6.07) is 9.92. The monoisotopic (exact) mass is 275 g/mol. The molecule has 0 aliphatic carbocycles. The molecule has 0 heterocycles. The molecule has 1 aromatic carbocycles. The molecule has 114 valence electrons. The first-order chi connectivity index (χ1) is 9.38. The summed E-state index contributed by atoms with van der Waals surface area (Å²) in [7, 11) is 0. The van der Waals surface area contributed by atoms with E-state index in [1.54, 1.807) is 0 Å². The molecule has 0 bridgehead atoms. The van der Waals surface area contributed by atoms with Crippen molar-refractivity contribution in [2.75, 3.05) is 0 Å². The van der Waals surface area contributed by atoms with E-state index in [1.165, 1.54) is 24.0 Å².